The van der Waals surface area contributed by atoms with Crippen LogP contribution in [-0.2, 0) is 22.6 Å². The number of hydrogen-bond acceptors (Lipinski definition) is 3. The minimum absolute atomic E-state index is 0.739. The van der Waals surface area contributed by atoms with E-state index in [1.165, 1.54) is 16.5 Å². The van der Waals surface area contributed by atoms with Crippen molar-refractivity contribution in [3.05, 3.63) is 36.0 Å². The van der Waals surface area contributed by atoms with E-state index < -0.39 is 0 Å². The van der Waals surface area contributed by atoms with Gasteiger partial charge in [-0.25, -0.2) is 0 Å². The lowest BCUT2D eigenvalue weighted by molar-refractivity contribution is 0.0982. The molecule has 0 fully saturated rings. The molecule has 1 aromatic heterocycles. The molecule has 1 N–H and O–H groups in total. The fourth-order valence-electron chi connectivity index (χ4n) is 2.48. The normalized spacial score (nSPS) is 11.3. The Balaban J connectivity index is 1.95. The predicted molar refractivity (Wildman–Crippen MR) is 86.6 cm³/mol. The van der Waals surface area contributed by atoms with Crippen LogP contribution in [0.15, 0.2) is 30.5 Å². The van der Waals surface area contributed by atoms with Crippen LogP contribution >= 0.6 is 0 Å². The summed E-state index contributed by atoms with van der Waals surface area (Å²) in [6, 6.07) is 8.56. The summed E-state index contributed by atoms with van der Waals surface area (Å²) in [5, 5.41) is 4.73. The number of hydrogen-bond donors (Lipinski definition) is 1. The van der Waals surface area contributed by atoms with Gasteiger partial charge in [0, 0.05) is 50.5 Å². The predicted octanol–water partition coefficient (Wildman–Crippen LogP) is 2.80. The van der Waals surface area contributed by atoms with Crippen LogP contribution in [0.4, 0.5) is 0 Å². The van der Waals surface area contributed by atoms with Gasteiger partial charge in [0.15, 0.2) is 0 Å². The second-order valence-electron chi connectivity index (χ2n) is 5.10. The van der Waals surface area contributed by atoms with Crippen LogP contribution in [-0.4, -0.2) is 38.0 Å². The number of benzene rings is 1. The highest BCUT2D eigenvalue weighted by molar-refractivity contribution is 5.83. The molecular weight excluding hydrogens is 264 g/mol. The summed E-state index contributed by atoms with van der Waals surface area (Å²) in [5.74, 6) is 0. The number of fused-ring (bicyclic) bond motifs is 1. The Bertz CT molecular complexity index is 537. The first-order chi connectivity index (χ1) is 10.4. The summed E-state index contributed by atoms with van der Waals surface area (Å²) in [4.78, 5) is 0. The molecule has 0 atom stereocenters. The van der Waals surface area contributed by atoms with E-state index >= 15 is 0 Å². The third-order valence-electron chi connectivity index (χ3n) is 3.55. The van der Waals surface area contributed by atoms with Crippen LogP contribution in [0, 0.1) is 0 Å². The average molecular weight is 290 g/mol. The zero-order valence-corrected chi connectivity index (χ0v) is 13.1. The lowest BCUT2D eigenvalue weighted by atomic mass is 10.2. The molecule has 0 saturated carbocycles. The quantitative estimate of drug-likeness (QED) is 0.683. The molecule has 0 saturated heterocycles. The van der Waals surface area contributed by atoms with Crippen LogP contribution in [0.3, 0.4) is 0 Å². The van der Waals surface area contributed by atoms with Crippen molar-refractivity contribution >= 4 is 10.9 Å². The summed E-state index contributed by atoms with van der Waals surface area (Å²) in [7, 11) is 1.72. The number of ether oxygens (including phenoxy) is 2. The SMILES string of the molecule is CCNCc1cn(CCOCCCOC)c2ccccc12. The molecule has 4 nitrogen and oxygen atoms in total. The first kappa shape index (κ1) is 16.0. The Morgan fingerprint density at radius 3 is 2.81 bits per heavy atom. The Labute approximate surface area is 127 Å². The Morgan fingerprint density at radius 1 is 1.14 bits per heavy atom. The van der Waals surface area contributed by atoms with E-state index in [0.717, 1.165) is 45.9 Å². The van der Waals surface area contributed by atoms with Gasteiger partial charge in [-0.05, 0) is 24.6 Å². The van der Waals surface area contributed by atoms with Crippen molar-refractivity contribution in [3.63, 3.8) is 0 Å². The lowest BCUT2D eigenvalue weighted by Crippen LogP contribution is -2.11. The van der Waals surface area contributed by atoms with Gasteiger partial charge in [-0.3, -0.25) is 0 Å². The summed E-state index contributed by atoms with van der Waals surface area (Å²) in [5.41, 5.74) is 2.64. The monoisotopic (exact) mass is 290 g/mol. The molecule has 4 heteroatoms. The van der Waals surface area contributed by atoms with Gasteiger partial charge >= 0.3 is 0 Å². The van der Waals surface area contributed by atoms with Crippen molar-refractivity contribution < 1.29 is 9.47 Å². The van der Waals surface area contributed by atoms with Gasteiger partial charge in [0.1, 0.15) is 0 Å². The van der Waals surface area contributed by atoms with Gasteiger partial charge in [-0.1, -0.05) is 25.1 Å². The van der Waals surface area contributed by atoms with Crippen LogP contribution < -0.4 is 5.32 Å². The molecule has 2 aromatic rings. The van der Waals surface area contributed by atoms with Crippen molar-refractivity contribution in [2.75, 3.05) is 33.5 Å². The van der Waals surface area contributed by atoms with E-state index in [0.29, 0.717) is 0 Å². The Hall–Kier alpha value is -1.36. The lowest BCUT2D eigenvalue weighted by Gasteiger charge is -2.06. The average Bonchev–Trinajstić information content (AvgIpc) is 2.87. The van der Waals surface area contributed by atoms with E-state index in [2.05, 4.69) is 47.3 Å². The van der Waals surface area contributed by atoms with Gasteiger partial charge < -0.3 is 19.4 Å². The summed E-state index contributed by atoms with van der Waals surface area (Å²) in [6.45, 7) is 7.19. The van der Waals surface area contributed by atoms with Gasteiger partial charge in [0.2, 0.25) is 0 Å². The van der Waals surface area contributed by atoms with E-state index in [4.69, 9.17) is 9.47 Å². The highest BCUT2D eigenvalue weighted by atomic mass is 16.5. The van der Waals surface area contributed by atoms with E-state index in [1.807, 2.05) is 0 Å². The molecule has 0 unspecified atom stereocenters. The zero-order chi connectivity index (χ0) is 14.9. The fourth-order valence-corrected chi connectivity index (χ4v) is 2.48. The topological polar surface area (TPSA) is 35.4 Å². The van der Waals surface area contributed by atoms with Gasteiger partial charge in [-0.2, -0.15) is 0 Å². The maximum Gasteiger partial charge on any atom is 0.0645 e. The smallest absolute Gasteiger partial charge is 0.0645 e. The number of rotatable bonds is 10. The van der Waals surface area contributed by atoms with Gasteiger partial charge in [0.25, 0.3) is 0 Å². The number of aromatic nitrogens is 1. The largest absolute Gasteiger partial charge is 0.385 e. The molecule has 1 heterocycles. The maximum atomic E-state index is 5.66. The Morgan fingerprint density at radius 2 is 2.00 bits per heavy atom. The number of nitrogens with one attached hydrogen (secondary N) is 1. The van der Waals surface area contributed by atoms with E-state index in [-0.39, 0.29) is 0 Å². The van der Waals surface area contributed by atoms with Gasteiger partial charge in [0.05, 0.1) is 6.61 Å². The summed E-state index contributed by atoms with van der Waals surface area (Å²) >= 11 is 0. The first-order valence-corrected chi connectivity index (χ1v) is 7.71. The molecule has 0 aliphatic rings. The molecule has 0 radical (unpaired) electrons. The summed E-state index contributed by atoms with van der Waals surface area (Å²) < 4.78 is 13.0. The van der Waals surface area contributed by atoms with E-state index in [9.17, 15) is 0 Å². The number of nitrogens with zero attached hydrogens (tertiary/aromatic N) is 1. The second-order valence-corrected chi connectivity index (χ2v) is 5.10. The van der Waals surface area contributed by atoms with Crippen molar-refractivity contribution in [2.45, 2.75) is 26.4 Å². The fraction of sp³-hybridized carbons (Fsp3) is 0.529. The van der Waals surface area contributed by atoms with Crippen LogP contribution in [0.25, 0.3) is 10.9 Å². The third-order valence-corrected chi connectivity index (χ3v) is 3.55. The highest BCUT2D eigenvalue weighted by Gasteiger charge is 2.07. The van der Waals surface area contributed by atoms with Crippen molar-refractivity contribution in [3.8, 4) is 0 Å². The standard InChI is InChI=1S/C17H26N2O2/c1-3-18-13-15-14-19(9-12-21-11-6-10-20-2)17-8-5-4-7-16(15)17/h4-5,7-8,14,18H,3,6,9-13H2,1-2H3. The molecule has 0 bridgehead atoms. The van der Waals surface area contributed by atoms with Crippen LogP contribution in [0.2, 0.25) is 0 Å². The van der Waals surface area contributed by atoms with Crippen molar-refractivity contribution in [1.82, 2.24) is 9.88 Å². The van der Waals surface area contributed by atoms with Gasteiger partial charge in [-0.15, -0.1) is 0 Å². The van der Waals surface area contributed by atoms with Crippen molar-refractivity contribution in [1.29, 1.82) is 0 Å². The van der Waals surface area contributed by atoms with Crippen molar-refractivity contribution in [2.24, 2.45) is 0 Å². The maximum absolute atomic E-state index is 5.66. The minimum atomic E-state index is 0.739. The zero-order valence-electron chi connectivity index (χ0n) is 13.1. The minimum Gasteiger partial charge on any atom is -0.385 e. The molecule has 1 aromatic carbocycles. The van der Waals surface area contributed by atoms with E-state index in [1.54, 1.807) is 7.11 Å². The van der Waals surface area contributed by atoms with Crippen LogP contribution in [0.1, 0.15) is 18.9 Å². The number of para-hydroxylation sites is 1. The highest BCUT2D eigenvalue weighted by Crippen LogP contribution is 2.21. The first-order valence-electron chi connectivity index (χ1n) is 7.71. The summed E-state index contributed by atoms with van der Waals surface area (Å²) in [6.07, 6.45) is 3.19. The molecule has 116 valence electrons. The molecule has 0 aliphatic carbocycles. The van der Waals surface area contributed by atoms with Crippen LogP contribution in [0.5, 0.6) is 0 Å². The molecule has 2 rings (SSSR count). The molecule has 0 aliphatic heterocycles. The molecule has 0 amide bonds. The molecule has 0 spiro atoms. The number of methoxy groups -OCH3 is 1. The third kappa shape index (κ3) is 4.56. The molecule has 21 heavy (non-hydrogen) atoms. The molecular formula is C17H26N2O2. The Kier molecular flexibility index (Phi) is 6.73. The second kappa shape index (κ2) is 8.82.